The zero-order valence-corrected chi connectivity index (χ0v) is 16.3. The summed E-state index contributed by atoms with van der Waals surface area (Å²) in [5.74, 6) is 0.683. The smallest absolute Gasteiger partial charge is 0.306 e. The van der Waals surface area contributed by atoms with Gasteiger partial charge in [0.15, 0.2) is 5.96 Å². The maximum absolute atomic E-state index is 11.6. The predicted octanol–water partition coefficient (Wildman–Crippen LogP) is 3.09. The van der Waals surface area contributed by atoms with Gasteiger partial charge in [-0.25, -0.2) is 0 Å². The van der Waals surface area contributed by atoms with E-state index in [0.29, 0.717) is 19.6 Å². The number of hydrogen-bond donors (Lipinski definition) is 2. The van der Waals surface area contributed by atoms with Crippen LogP contribution >= 0.6 is 24.0 Å². The molecular weight excluding hydrogens is 405 g/mol. The lowest BCUT2D eigenvalue weighted by Crippen LogP contribution is -2.37. The number of nitrogens with one attached hydrogen (secondary N) is 2. The van der Waals surface area contributed by atoms with Crippen LogP contribution in [0.15, 0.2) is 35.3 Å². The van der Waals surface area contributed by atoms with Crippen molar-refractivity contribution >= 4 is 35.9 Å². The van der Waals surface area contributed by atoms with Gasteiger partial charge in [-0.1, -0.05) is 30.3 Å². The molecular formula is C17H28IN3O2. The second kappa shape index (κ2) is 14.3. The Kier molecular flexibility index (Phi) is 13.5. The average Bonchev–Trinajstić information content (AvgIpc) is 2.54. The van der Waals surface area contributed by atoms with Crippen LogP contribution in [0.2, 0.25) is 0 Å². The van der Waals surface area contributed by atoms with E-state index in [2.05, 4.69) is 15.6 Å². The number of nitrogens with zero attached hydrogens (tertiary/aromatic N) is 1. The first-order valence-electron chi connectivity index (χ1n) is 7.98. The fourth-order valence-corrected chi connectivity index (χ4v) is 1.89. The third kappa shape index (κ3) is 11.0. The number of rotatable bonds is 9. The van der Waals surface area contributed by atoms with E-state index in [1.165, 1.54) is 0 Å². The molecule has 1 aromatic rings. The fraction of sp³-hybridized carbons (Fsp3) is 0.529. The predicted molar refractivity (Wildman–Crippen MR) is 105 cm³/mol. The lowest BCUT2D eigenvalue weighted by Gasteiger charge is -2.08. The number of carbonyl (C=O) groups is 1. The molecule has 0 atom stereocenters. The summed E-state index contributed by atoms with van der Waals surface area (Å²) in [6.07, 6.45) is 2.11. The number of benzene rings is 1. The number of halogens is 1. The summed E-state index contributed by atoms with van der Waals surface area (Å²) in [5.41, 5.74) is 1.02. The van der Waals surface area contributed by atoms with Crippen LogP contribution in [0.5, 0.6) is 0 Å². The van der Waals surface area contributed by atoms with Crippen LogP contribution in [0.25, 0.3) is 0 Å². The molecule has 0 heterocycles. The van der Waals surface area contributed by atoms with E-state index < -0.39 is 0 Å². The summed E-state index contributed by atoms with van der Waals surface area (Å²) in [6, 6.07) is 9.72. The number of aliphatic imine (C=N–C) groups is 1. The van der Waals surface area contributed by atoms with E-state index in [9.17, 15) is 4.79 Å². The normalized spacial score (nSPS) is 9.48. The number of guanidine groups is 1. The molecule has 23 heavy (non-hydrogen) atoms. The minimum Gasteiger partial charge on any atom is -0.461 e. The van der Waals surface area contributed by atoms with Crippen molar-refractivity contribution in [2.45, 2.75) is 39.7 Å². The Morgan fingerprint density at radius 3 is 2.35 bits per heavy atom. The maximum atomic E-state index is 11.6. The first-order chi connectivity index (χ1) is 10.8. The minimum absolute atomic E-state index is 0. The molecule has 5 nitrogen and oxygen atoms in total. The van der Waals surface area contributed by atoms with Gasteiger partial charge in [-0.05, 0) is 32.3 Å². The number of hydrogen-bond acceptors (Lipinski definition) is 3. The third-order valence-corrected chi connectivity index (χ3v) is 2.99. The molecule has 0 bridgehead atoms. The molecule has 2 N–H and O–H groups in total. The second-order valence-corrected chi connectivity index (χ2v) is 4.89. The molecule has 0 aliphatic heterocycles. The highest BCUT2D eigenvalue weighted by Gasteiger charge is 2.03. The molecule has 0 fully saturated rings. The summed E-state index contributed by atoms with van der Waals surface area (Å²) >= 11 is 0. The van der Waals surface area contributed by atoms with E-state index in [1.54, 1.807) is 0 Å². The maximum Gasteiger partial charge on any atom is 0.306 e. The molecule has 0 saturated carbocycles. The topological polar surface area (TPSA) is 62.7 Å². The van der Waals surface area contributed by atoms with Gasteiger partial charge in [0.25, 0.3) is 0 Å². The van der Waals surface area contributed by atoms with Crippen molar-refractivity contribution in [3.63, 3.8) is 0 Å². The summed E-state index contributed by atoms with van der Waals surface area (Å²) < 4.78 is 5.23. The van der Waals surface area contributed by atoms with Crippen molar-refractivity contribution in [3.05, 3.63) is 35.9 Å². The zero-order valence-electron chi connectivity index (χ0n) is 14.0. The molecule has 130 valence electrons. The molecule has 0 aromatic heterocycles. The van der Waals surface area contributed by atoms with Crippen LogP contribution in [0.3, 0.4) is 0 Å². The van der Waals surface area contributed by atoms with Crippen molar-refractivity contribution in [2.24, 2.45) is 4.99 Å². The molecule has 0 spiro atoms. The average molecular weight is 433 g/mol. The minimum atomic E-state index is -0.147. The molecule has 0 amide bonds. The lowest BCUT2D eigenvalue weighted by molar-refractivity contribution is -0.145. The zero-order chi connectivity index (χ0) is 16.0. The molecule has 0 unspecified atom stereocenters. The van der Waals surface area contributed by atoms with E-state index in [4.69, 9.17) is 4.74 Å². The van der Waals surface area contributed by atoms with Crippen molar-refractivity contribution in [1.29, 1.82) is 0 Å². The standard InChI is InChI=1S/C17H27N3O2.HI/c1-3-18-17(19-4-2)20-13-9-8-12-16(21)22-14-15-10-6-5-7-11-15;/h5-7,10-11H,3-4,8-9,12-14H2,1-2H3,(H2,18,19,20);1H. The molecule has 0 radical (unpaired) electrons. The van der Waals surface area contributed by atoms with Gasteiger partial charge in [0.1, 0.15) is 6.61 Å². The van der Waals surface area contributed by atoms with E-state index >= 15 is 0 Å². The Balaban J connectivity index is 0.00000484. The Bertz CT molecular complexity index is 444. The Labute approximate surface area is 156 Å². The van der Waals surface area contributed by atoms with Crippen LogP contribution < -0.4 is 10.6 Å². The van der Waals surface area contributed by atoms with Crippen LogP contribution in [0.4, 0.5) is 0 Å². The van der Waals surface area contributed by atoms with Gasteiger partial charge < -0.3 is 15.4 Å². The van der Waals surface area contributed by atoms with Crippen molar-refractivity contribution < 1.29 is 9.53 Å². The van der Waals surface area contributed by atoms with Gasteiger partial charge in [0.2, 0.25) is 0 Å². The first kappa shape index (κ1) is 21.7. The summed E-state index contributed by atoms with van der Waals surface area (Å²) in [4.78, 5) is 16.1. The largest absolute Gasteiger partial charge is 0.461 e. The van der Waals surface area contributed by atoms with Crippen LogP contribution in [-0.2, 0) is 16.1 Å². The van der Waals surface area contributed by atoms with E-state index in [-0.39, 0.29) is 29.9 Å². The van der Waals surface area contributed by atoms with Crippen LogP contribution in [0.1, 0.15) is 38.7 Å². The molecule has 1 rings (SSSR count). The van der Waals surface area contributed by atoms with Crippen LogP contribution in [0, 0.1) is 0 Å². The molecule has 1 aromatic carbocycles. The quantitative estimate of drug-likeness (QED) is 0.207. The summed E-state index contributed by atoms with van der Waals surface area (Å²) in [7, 11) is 0. The van der Waals surface area contributed by atoms with Gasteiger partial charge in [-0.2, -0.15) is 0 Å². The van der Waals surface area contributed by atoms with Gasteiger partial charge in [0.05, 0.1) is 0 Å². The highest BCUT2D eigenvalue weighted by atomic mass is 127. The lowest BCUT2D eigenvalue weighted by atomic mass is 10.2. The number of unbranched alkanes of at least 4 members (excludes halogenated alkanes) is 1. The van der Waals surface area contributed by atoms with E-state index in [1.807, 2.05) is 44.2 Å². The van der Waals surface area contributed by atoms with E-state index in [0.717, 1.165) is 37.5 Å². The molecule has 0 aliphatic rings. The first-order valence-corrected chi connectivity index (χ1v) is 7.98. The van der Waals surface area contributed by atoms with Crippen molar-refractivity contribution in [3.8, 4) is 0 Å². The number of esters is 1. The summed E-state index contributed by atoms with van der Waals surface area (Å²) in [6.45, 7) is 6.82. The van der Waals surface area contributed by atoms with Gasteiger partial charge >= 0.3 is 5.97 Å². The van der Waals surface area contributed by atoms with Crippen molar-refractivity contribution in [2.75, 3.05) is 19.6 Å². The number of ether oxygens (including phenoxy) is 1. The van der Waals surface area contributed by atoms with Gasteiger partial charge in [-0.15, -0.1) is 24.0 Å². The third-order valence-electron chi connectivity index (χ3n) is 2.99. The Morgan fingerprint density at radius 2 is 1.74 bits per heavy atom. The van der Waals surface area contributed by atoms with Crippen molar-refractivity contribution in [1.82, 2.24) is 10.6 Å². The Hall–Kier alpha value is -1.31. The summed E-state index contributed by atoms with van der Waals surface area (Å²) in [5, 5.41) is 6.34. The monoisotopic (exact) mass is 433 g/mol. The number of carbonyl (C=O) groups excluding carboxylic acids is 1. The van der Waals surface area contributed by atoms with Gasteiger partial charge in [0, 0.05) is 26.1 Å². The highest BCUT2D eigenvalue weighted by molar-refractivity contribution is 14.0. The molecule has 0 aliphatic carbocycles. The second-order valence-electron chi connectivity index (χ2n) is 4.89. The molecule has 6 heteroatoms. The van der Waals surface area contributed by atoms with Gasteiger partial charge in [-0.3, -0.25) is 9.79 Å². The molecule has 0 saturated heterocycles. The SMILES string of the molecule is CCNC(=NCCCCC(=O)OCc1ccccc1)NCC.I. The Morgan fingerprint density at radius 1 is 1.09 bits per heavy atom. The fourth-order valence-electron chi connectivity index (χ4n) is 1.89. The highest BCUT2D eigenvalue weighted by Crippen LogP contribution is 2.04. The van der Waals surface area contributed by atoms with Crippen LogP contribution in [-0.4, -0.2) is 31.6 Å².